The van der Waals surface area contributed by atoms with Crippen LogP contribution in [0.1, 0.15) is 5.56 Å². The summed E-state index contributed by atoms with van der Waals surface area (Å²) in [7, 11) is 0. The van der Waals surface area contributed by atoms with Gasteiger partial charge in [0.25, 0.3) is 0 Å². The van der Waals surface area contributed by atoms with Crippen molar-refractivity contribution in [2.75, 3.05) is 5.32 Å². The fourth-order valence-electron chi connectivity index (χ4n) is 1.57. The summed E-state index contributed by atoms with van der Waals surface area (Å²) in [5, 5.41) is 5.02. The Hall–Kier alpha value is 0.0700. The van der Waals surface area contributed by atoms with Crippen molar-refractivity contribution in [3.05, 3.63) is 59.9 Å². The molecule has 0 unspecified atom stereocenters. The molecule has 2 aromatic rings. The number of benzene rings is 2. The summed E-state index contributed by atoms with van der Waals surface area (Å²) in [5.41, 5.74) is 1.66. The molecule has 100 valence electrons. The minimum atomic E-state index is 0.541. The largest absolute Gasteiger partial charge is 0.378 e. The van der Waals surface area contributed by atoms with Crippen LogP contribution in [0.4, 0.5) is 5.69 Å². The Balaban J connectivity index is 2.21. The topological polar surface area (TPSA) is 12.0 Å². The van der Waals surface area contributed by atoms with E-state index in [1.807, 2.05) is 18.2 Å². The third-order valence-corrected chi connectivity index (χ3v) is 4.39. The van der Waals surface area contributed by atoms with Crippen molar-refractivity contribution in [2.45, 2.75) is 6.54 Å². The molecule has 19 heavy (non-hydrogen) atoms. The molecule has 0 spiro atoms. The summed E-state index contributed by atoms with van der Waals surface area (Å²) in [6, 6.07) is 9.27. The van der Waals surface area contributed by atoms with Crippen molar-refractivity contribution >= 4 is 72.4 Å². The Morgan fingerprint density at radius 2 is 1.47 bits per heavy atom. The molecule has 0 radical (unpaired) electrons. The molecular formula is C13H8Br2Cl3N. The number of nitrogens with one attached hydrogen (secondary N) is 1. The summed E-state index contributed by atoms with van der Waals surface area (Å²) in [6.07, 6.45) is 0. The predicted octanol–water partition coefficient (Wildman–Crippen LogP) is 6.78. The first-order valence-electron chi connectivity index (χ1n) is 5.29. The average Bonchev–Trinajstić information content (AvgIpc) is 2.32. The highest BCUT2D eigenvalue weighted by Crippen LogP contribution is 2.34. The zero-order chi connectivity index (χ0) is 14.0. The molecule has 0 amide bonds. The number of rotatable bonds is 3. The number of halogens is 5. The lowest BCUT2D eigenvalue weighted by atomic mass is 10.2. The van der Waals surface area contributed by atoms with Crippen molar-refractivity contribution in [3.63, 3.8) is 0 Å². The summed E-state index contributed by atoms with van der Waals surface area (Å²) >= 11 is 25.2. The van der Waals surface area contributed by atoms with E-state index in [-0.39, 0.29) is 0 Å². The molecule has 0 fully saturated rings. The van der Waals surface area contributed by atoms with Crippen LogP contribution < -0.4 is 5.32 Å². The molecule has 1 N–H and O–H groups in total. The Morgan fingerprint density at radius 3 is 2.11 bits per heavy atom. The highest BCUT2D eigenvalue weighted by Gasteiger charge is 2.08. The molecule has 0 saturated carbocycles. The zero-order valence-electron chi connectivity index (χ0n) is 9.48. The van der Waals surface area contributed by atoms with E-state index in [1.54, 1.807) is 12.1 Å². The number of anilines is 1. The average molecular weight is 444 g/mol. The number of hydrogen-bond donors (Lipinski definition) is 1. The summed E-state index contributed by atoms with van der Waals surface area (Å²) in [4.78, 5) is 0. The molecule has 2 rings (SSSR count). The van der Waals surface area contributed by atoms with Crippen LogP contribution in [-0.2, 0) is 6.54 Å². The Bertz CT molecular complexity index is 594. The first-order valence-corrected chi connectivity index (χ1v) is 8.01. The van der Waals surface area contributed by atoms with Crippen molar-refractivity contribution in [3.8, 4) is 0 Å². The van der Waals surface area contributed by atoms with Crippen LogP contribution in [0.3, 0.4) is 0 Å². The molecular weight excluding hydrogens is 436 g/mol. The van der Waals surface area contributed by atoms with Gasteiger partial charge in [-0.15, -0.1) is 0 Å². The third kappa shape index (κ3) is 4.02. The van der Waals surface area contributed by atoms with E-state index in [4.69, 9.17) is 34.8 Å². The highest BCUT2D eigenvalue weighted by molar-refractivity contribution is 9.10. The van der Waals surface area contributed by atoms with Crippen LogP contribution in [-0.4, -0.2) is 0 Å². The van der Waals surface area contributed by atoms with Gasteiger partial charge in [-0.2, -0.15) is 0 Å². The van der Waals surface area contributed by atoms with E-state index in [2.05, 4.69) is 37.2 Å². The van der Waals surface area contributed by atoms with Crippen LogP contribution >= 0.6 is 66.7 Å². The smallest absolute Gasteiger partial charge is 0.0722 e. The maximum Gasteiger partial charge on any atom is 0.0722 e. The van der Waals surface area contributed by atoms with Gasteiger partial charge in [0.1, 0.15) is 0 Å². The van der Waals surface area contributed by atoms with E-state index in [0.717, 1.165) is 14.5 Å². The molecule has 0 atom stereocenters. The Morgan fingerprint density at radius 1 is 0.842 bits per heavy atom. The lowest BCUT2D eigenvalue weighted by Gasteiger charge is -2.12. The van der Waals surface area contributed by atoms with Gasteiger partial charge < -0.3 is 5.32 Å². The van der Waals surface area contributed by atoms with Crippen molar-refractivity contribution in [2.24, 2.45) is 0 Å². The second kappa shape index (κ2) is 6.68. The normalized spacial score (nSPS) is 10.6. The molecule has 2 aromatic carbocycles. The first kappa shape index (κ1) is 15.5. The van der Waals surface area contributed by atoms with Gasteiger partial charge in [0.2, 0.25) is 0 Å². The third-order valence-electron chi connectivity index (χ3n) is 2.47. The Kier molecular flexibility index (Phi) is 5.44. The molecule has 0 bridgehead atoms. The van der Waals surface area contributed by atoms with Crippen LogP contribution in [0, 0.1) is 0 Å². The van der Waals surface area contributed by atoms with Crippen LogP contribution in [0.15, 0.2) is 39.3 Å². The fraction of sp³-hybridized carbons (Fsp3) is 0.0769. The van der Waals surface area contributed by atoms with Crippen molar-refractivity contribution in [1.29, 1.82) is 0 Å². The van der Waals surface area contributed by atoms with Crippen LogP contribution in [0.5, 0.6) is 0 Å². The molecule has 0 aliphatic rings. The molecule has 0 aromatic heterocycles. The second-order valence-corrected chi connectivity index (χ2v) is 6.89. The molecule has 0 saturated heterocycles. The SMILES string of the molecule is Clc1ccc(Br)cc1CNc1c(Cl)cc(Br)cc1Cl. The summed E-state index contributed by atoms with van der Waals surface area (Å²) in [6.45, 7) is 0.541. The van der Waals surface area contributed by atoms with Gasteiger partial charge in [0, 0.05) is 20.5 Å². The molecule has 1 nitrogen and oxygen atoms in total. The summed E-state index contributed by atoms with van der Waals surface area (Å²) in [5.74, 6) is 0. The predicted molar refractivity (Wildman–Crippen MR) is 90.6 cm³/mol. The van der Waals surface area contributed by atoms with Gasteiger partial charge in [-0.1, -0.05) is 66.7 Å². The minimum absolute atomic E-state index is 0.541. The van der Waals surface area contributed by atoms with Gasteiger partial charge in [-0.3, -0.25) is 0 Å². The molecule has 0 aliphatic carbocycles. The van der Waals surface area contributed by atoms with E-state index >= 15 is 0 Å². The fourth-order valence-corrected chi connectivity index (χ4v) is 3.51. The van der Waals surface area contributed by atoms with Crippen molar-refractivity contribution in [1.82, 2.24) is 0 Å². The lowest BCUT2D eigenvalue weighted by Crippen LogP contribution is -2.01. The molecule has 0 aliphatic heterocycles. The minimum Gasteiger partial charge on any atom is -0.378 e. The van der Waals surface area contributed by atoms with Gasteiger partial charge in [-0.25, -0.2) is 0 Å². The maximum atomic E-state index is 6.15. The van der Waals surface area contributed by atoms with Crippen LogP contribution in [0.25, 0.3) is 0 Å². The first-order chi connectivity index (χ1) is 8.97. The quantitative estimate of drug-likeness (QED) is 0.550. The van der Waals surface area contributed by atoms with E-state index in [9.17, 15) is 0 Å². The van der Waals surface area contributed by atoms with E-state index in [0.29, 0.717) is 27.3 Å². The zero-order valence-corrected chi connectivity index (χ0v) is 14.9. The number of hydrogen-bond acceptors (Lipinski definition) is 1. The molecule has 0 heterocycles. The molecule has 6 heteroatoms. The standard InChI is InChI=1S/C13H8Br2Cl3N/c14-8-1-2-10(16)7(3-8)6-19-13-11(17)4-9(15)5-12(13)18/h1-5,19H,6H2. The van der Waals surface area contributed by atoms with E-state index < -0.39 is 0 Å². The van der Waals surface area contributed by atoms with Gasteiger partial charge in [0.05, 0.1) is 15.7 Å². The maximum absolute atomic E-state index is 6.15. The summed E-state index contributed by atoms with van der Waals surface area (Å²) < 4.78 is 1.82. The Labute approximate surface area is 143 Å². The highest BCUT2D eigenvalue weighted by atomic mass is 79.9. The monoisotopic (exact) mass is 441 g/mol. The van der Waals surface area contributed by atoms with Crippen molar-refractivity contribution < 1.29 is 0 Å². The second-order valence-electron chi connectivity index (χ2n) is 3.83. The van der Waals surface area contributed by atoms with Gasteiger partial charge in [-0.05, 0) is 35.9 Å². The van der Waals surface area contributed by atoms with E-state index in [1.165, 1.54) is 0 Å². The van der Waals surface area contributed by atoms with Gasteiger partial charge >= 0.3 is 0 Å². The lowest BCUT2D eigenvalue weighted by molar-refractivity contribution is 1.15. The van der Waals surface area contributed by atoms with Gasteiger partial charge in [0.15, 0.2) is 0 Å². The van der Waals surface area contributed by atoms with Crippen LogP contribution in [0.2, 0.25) is 15.1 Å².